The Kier molecular flexibility index (Phi) is 2.95. The van der Waals surface area contributed by atoms with Gasteiger partial charge in [-0.25, -0.2) is 0 Å². The van der Waals surface area contributed by atoms with E-state index in [0.29, 0.717) is 5.56 Å². The fourth-order valence-electron chi connectivity index (χ4n) is 1.33. The number of hydrogen-bond acceptors (Lipinski definition) is 1. The summed E-state index contributed by atoms with van der Waals surface area (Å²) in [5, 5.41) is 3.31. The number of hydrogen-bond donors (Lipinski definition) is 0. The average Bonchev–Trinajstić information content (AvgIpc) is 2.09. The Bertz CT molecular complexity index is 435. The van der Waals surface area contributed by atoms with Crippen LogP contribution >= 0.6 is 0 Å². The number of nitrogens with zero attached hydrogens (tertiary/aromatic N) is 3. The topological polar surface area (TPSA) is 48.8 Å². The van der Waals surface area contributed by atoms with E-state index in [9.17, 15) is 12.9 Å². The van der Waals surface area contributed by atoms with Crippen LogP contribution in [0.2, 0.25) is 0 Å². The van der Waals surface area contributed by atoms with Crippen molar-refractivity contribution in [2.24, 2.45) is 5.11 Å². The zero-order valence-corrected chi connectivity index (χ0v) is 8.21. The third kappa shape index (κ3) is 2.44. The van der Waals surface area contributed by atoms with Gasteiger partial charge in [-0.2, -0.15) is 0 Å². The molecule has 0 aromatic heterocycles. The molecule has 0 aliphatic heterocycles. The van der Waals surface area contributed by atoms with E-state index in [1.807, 2.05) is 0 Å². The summed E-state index contributed by atoms with van der Waals surface area (Å²) in [6, 6.07) is 2.26. The summed E-state index contributed by atoms with van der Waals surface area (Å²) in [4.78, 5) is 2.55. The molecule has 0 N–H and O–H groups in total. The Morgan fingerprint density at radius 1 is 1.20 bits per heavy atom. The average molecular weight is 214 g/mol. The molecule has 0 fully saturated rings. The van der Waals surface area contributed by atoms with Crippen LogP contribution in [-0.4, -0.2) is 6.98 Å². The molecule has 0 atom stereocenters. The highest BCUT2D eigenvalue weighted by Crippen LogP contribution is 2.22. The van der Waals surface area contributed by atoms with Crippen LogP contribution < -0.4 is 5.46 Å². The maximum atomic E-state index is 12.5. The van der Waals surface area contributed by atoms with E-state index in [2.05, 4.69) is 10.0 Å². The van der Waals surface area contributed by atoms with Crippen LogP contribution in [0.25, 0.3) is 10.4 Å². The highest BCUT2D eigenvalue weighted by molar-refractivity contribution is 6.74. The van der Waals surface area contributed by atoms with Gasteiger partial charge < -0.3 is 12.9 Å². The van der Waals surface area contributed by atoms with Crippen LogP contribution in [0, 0.1) is 13.8 Å². The van der Waals surface area contributed by atoms with Gasteiger partial charge in [0.2, 0.25) is 0 Å². The third-order valence-electron chi connectivity index (χ3n) is 2.09. The van der Waals surface area contributed by atoms with Crippen molar-refractivity contribution in [2.75, 3.05) is 0 Å². The first-order chi connectivity index (χ1) is 6.86. The number of rotatable bonds is 2. The van der Waals surface area contributed by atoms with E-state index >= 15 is 0 Å². The molecule has 7 heteroatoms. The molecule has 0 aliphatic rings. The van der Waals surface area contributed by atoms with Gasteiger partial charge in [0.05, 0.1) is 0 Å². The lowest BCUT2D eigenvalue weighted by Crippen LogP contribution is -2.36. The Morgan fingerprint density at radius 3 is 2.27 bits per heavy atom. The lowest BCUT2D eigenvalue weighted by molar-refractivity contribution is 0.500. The normalized spacial score (nSPS) is 11.0. The maximum Gasteiger partial charge on any atom is 0.509 e. The molecule has 0 saturated heterocycles. The van der Waals surface area contributed by atoms with Crippen molar-refractivity contribution < 1.29 is 12.9 Å². The molecule has 3 nitrogen and oxygen atoms in total. The van der Waals surface area contributed by atoms with Crippen LogP contribution in [0.1, 0.15) is 11.1 Å². The van der Waals surface area contributed by atoms with E-state index < -0.39 is 12.4 Å². The minimum atomic E-state index is -5.01. The molecule has 1 rings (SSSR count). The van der Waals surface area contributed by atoms with Crippen LogP contribution in [0.3, 0.4) is 0 Å². The summed E-state index contributed by atoms with van der Waals surface area (Å²) in [7, 11) is 0. The van der Waals surface area contributed by atoms with E-state index in [1.165, 1.54) is 19.9 Å². The summed E-state index contributed by atoms with van der Waals surface area (Å²) in [6.07, 6.45) is 0. The Labute approximate surface area is 84.6 Å². The number of azide groups is 1. The van der Waals surface area contributed by atoms with Gasteiger partial charge in [-0.1, -0.05) is 22.8 Å². The second-order valence-corrected chi connectivity index (χ2v) is 3.26. The van der Waals surface area contributed by atoms with Crippen LogP contribution in [-0.2, 0) is 0 Å². The van der Waals surface area contributed by atoms with E-state index in [-0.39, 0.29) is 11.3 Å². The molecule has 0 aliphatic carbocycles. The Morgan fingerprint density at radius 2 is 1.80 bits per heavy atom. The van der Waals surface area contributed by atoms with Crippen LogP contribution in [0.4, 0.5) is 18.6 Å². The Balaban J connectivity index is 3.38. The molecule has 0 radical (unpaired) electrons. The highest BCUT2D eigenvalue weighted by Gasteiger charge is 2.27. The zero-order valence-electron chi connectivity index (χ0n) is 8.21. The molecule has 0 saturated carbocycles. The van der Waals surface area contributed by atoms with Gasteiger partial charge >= 0.3 is 6.98 Å². The van der Waals surface area contributed by atoms with Gasteiger partial charge in [0.1, 0.15) is 0 Å². The summed E-state index contributed by atoms with van der Waals surface area (Å²) < 4.78 is 37.5. The molecule has 1 aromatic carbocycles. The van der Waals surface area contributed by atoms with E-state index in [1.54, 1.807) is 0 Å². The predicted molar refractivity (Wildman–Crippen MR) is 53.4 cm³/mol. The number of benzene rings is 1. The van der Waals surface area contributed by atoms with Gasteiger partial charge in [0, 0.05) is 10.6 Å². The molecule has 1 aromatic rings. The van der Waals surface area contributed by atoms with Crippen LogP contribution in [0.5, 0.6) is 0 Å². The quantitative estimate of drug-likeness (QED) is 0.314. The highest BCUT2D eigenvalue weighted by atomic mass is 19.4. The molecule has 15 heavy (non-hydrogen) atoms. The van der Waals surface area contributed by atoms with Gasteiger partial charge in [0.25, 0.3) is 0 Å². The SMILES string of the molecule is Cc1cc([B-](F)(F)F)c(C)cc1N=[N+]=[N-]. The van der Waals surface area contributed by atoms with Crippen molar-refractivity contribution in [2.45, 2.75) is 13.8 Å². The lowest BCUT2D eigenvalue weighted by Gasteiger charge is -2.19. The van der Waals surface area contributed by atoms with Crippen molar-refractivity contribution in [3.05, 3.63) is 33.7 Å². The number of halogens is 3. The molecule has 80 valence electrons. The van der Waals surface area contributed by atoms with Crippen molar-refractivity contribution in [1.82, 2.24) is 0 Å². The van der Waals surface area contributed by atoms with Gasteiger partial charge in [-0.15, -0.1) is 5.46 Å². The molecular formula is C8H8BF3N3-. The largest absolute Gasteiger partial charge is 0.509 e. The molecule has 0 heterocycles. The van der Waals surface area contributed by atoms with Crippen molar-refractivity contribution in [3.63, 3.8) is 0 Å². The molecular weight excluding hydrogens is 206 g/mol. The summed E-state index contributed by atoms with van der Waals surface area (Å²) in [5.41, 5.74) is 8.21. The van der Waals surface area contributed by atoms with Gasteiger partial charge in [-0.05, 0) is 24.9 Å². The van der Waals surface area contributed by atoms with Gasteiger partial charge in [0.15, 0.2) is 0 Å². The lowest BCUT2D eigenvalue weighted by atomic mass is 9.76. The molecule has 0 unspecified atom stereocenters. The first-order valence-electron chi connectivity index (χ1n) is 4.22. The minimum Gasteiger partial charge on any atom is -0.445 e. The Hall–Kier alpha value is -1.62. The standard InChI is InChI=1S/C8H8BF3N3/c1-5-4-8(14-15-13)6(2)3-7(5)9(10,11)12/h3-4H,1-2H3/q-1. The van der Waals surface area contributed by atoms with E-state index in [0.717, 1.165) is 6.07 Å². The van der Waals surface area contributed by atoms with Crippen molar-refractivity contribution in [1.29, 1.82) is 0 Å². The number of aryl methyl sites for hydroxylation is 2. The first-order valence-corrected chi connectivity index (χ1v) is 4.22. The molecule has 0 amide bonds. The summed E-state index contributed by atoms with van der Waals surface area (Å²) in [6.45, 7) is -2.18. The zero-order chi connectivity index (χ0) is 11.6. The minimum absolute atomic E-state index is 0.0792. The molecule has 0 bridgehead atoms. The maximum absolute atomic E-state index is 12.5. The van der Waals surface area contributed by atoms with E-state index in [4.69, 9.17) is 5.53 Å². The van der Waals surface area contributed by atoms with Gasteiger partial charge in [-0.3, -0.25) is 0 Å². The monoisotopic (exact) mass is 214 g/mol. The first kappa shape index (κ1) is 11.5. The molecule has 0 spiro atoms. The second-order valence-electron chi connectivity index (χ2n) is 3.26. The van der Waals surface area contributed by atoms with Crippen molar-refractivity contribution >= 4 is 18.1 Å². The second kappa shape index (κ2) is 3.86. The predicted octanol–water partition coefficient (Wildman–Crippen LogP) is 3.30. The third-order valence-corrected chi connectivity index (χ3v) is 2.09. The fourth-order valence-corrected chi connectivity index (χ4v) is 1.33. The summed E-state index contributed by atoms with van der Waals surface area (Å²) >= 11 is 0. The summed E-state index contributed by atoms with van der Waals surface area (Å²) in [5.74, 6) is 0. The van der Waals surface area contributed by atoms with Crippen molar-refractivity contribution in [3.8, 4) is 0 Å². The van der Waals surface area contributed by atoms with Crippen LogP contribution in [0.15, 0.2) is 17.2 Å². The fraction of sp³-hybridized carbons (Fsp3) is 0.250. The smallest absolute Gasteiger partial charge is 0.445 e.